The van der Waals surface area contributed by atoms with Crippen molar-refractivity contribution in [3.63, 3.8) is 0 Å². The maximum absolute atomic E-state index is 13.0. The molecule has 12 heteroatoms. The molecule has 0 heterocycles. The third kappa shape index (κ3) is 10.3. The smallest absolute Gasteiger partial charge is 0.326 e. The molecular formula is C20H37N5O6S. The first-order chi connectivity index (χ1) is 14.8. The Morgan fingerprint density at radius 2 is 1.50 bits per heavy atom. The van der Waals surface area contributed by atoms with Crippen molar-refractivity contribution in [2.24, 2.45) is 23.3 Å². The molecule has 184 valence electrons. The second kappa shape index (κ2) is 14.7. The summed E-state index contributed by atoms with van der Waals surface area (Å²) in [5, 5.41) is 17.0. The third-order valence-corrected chi connectivity index (χ3v) is 5.67. The summed E-state index contributed by atoms with van der Waals surface area (Å²) in [6.07, 6.45) is 2.28. The summed E-state index contributed by atoms with van der Waals surface area (Å²) in [5.41, 5.74) is 10.7. The maximum atomic E-state index is 13.0. The molecule has 0 aromatic rings. The van der Waals surface area contributed by atoms with Crippen molar-refractivity contribution >= 4 is 41.4 Å². The van der Waals surface area contributed by atoms with Crippen molar-refractivity contribution in [1.29, 1.82) is 0 Å². The highest BCUT2D eigenvalue weighted by atomic mass is 32.2. The quantitative estimate of drug-likeness (QED) is 0.177. The van der Waals surface area contributed by atoms with E-state index in [0.717, 1.165) is 0 Å². The Labute approximate surface area is 193 Å². The molecule has 0 aromatic carbocycles. The van der Waals surface area contributed by atoms with Gasteiger partial charge in [0.05, 0.1) is 12.5 Å². The van der Waals surface area contributed by atoms with Gasteiger partial charge in [0.1, 0.15) is 18.1 Å². The fourth-order valence-corrected chi connectivity index (χ4v) is 3.28. The van der Waals surface area contributed by atoms with Crippen molar-refractivity contribution in [2.75, 3.05) is 12.0 Å². The second-order valence-corrected chi connectivity index (χ2v) is 9.05. The number of carbonyl (C=O) groups excluding carboxylic acids is 4. The predicted molar refractivity (Wildman–Crippen MR) is 123 cm³/mol. The van der Waals surface area contributed by atoms with Crippen molar-refractivity contribution in [3.8, 4) is 0 Å². The Morgan fingerprint density at radius 1 is 0.938 bits per heavy atom. The first-order valence-corrected chi connectivity index (χ1v) is 11.9. The van der Waals surface area contributed by atoms with Crippen LogP contribution in [0.5, 0.6) is 0 Å². The number of carbonyl (C=O) groups is 5. The Hall–Kier alpha value is -2.34. The van der Waals surface area contributed by atoms with Crippen LogP contribution in [0.25, 0.3) is 0 Å². The van der Waals surface area contributed by atoms with Gasteiger partial charge in [0.2, 0.25) is 23.6 Å². The first kappa shape index (κ1) is 29.7. The normalized spacial score (nSPS) is 15.7. The molecule has 0 saturated carbocycles. The molecule has 0 saturated heterocycles. The number of amides is 4. The van der Waals surface area contributed by atoms with E-state index in [1.54, 1.807) is 20.8 Å². The lowest BCUT2D eigenvalue weighted by Gasteiger charge is -2.28. The zero-order valence-electron chi connectivity index (χ0n) is 19.3. The van der Waals surface area contributed by atoms with Gasteiger partial charge in [0.25, 0.3) is 0 Å². The molecule has 0 aromatic heterocycles. The van der Waals surface area contributed by atoms with E-state index in [1.165, 1.54) is 11.8 Å². The number of hydrogen-bond donors (Lipinski definition) is 6. The van der Waals surface area contributed by atoms with Crippen LogP contribution in [0.15, 0.2) is 0 Å². The number of nitrogens with two attached hydrogens (primary N) is 2. The minimum Gasteiger partial charge on any atom is -0.480 e. The van der Waals surface area contributed by atoms with Crippen LogP contribution in [-0.2, 0) is 24.0 Å². The van der Waals surface area contributed by atoms with Gasteiger partial charge >= 0.3 is 5.97 Å². The zero-order valence-corrected chi connectivity index (χ0v) is 20.2. The summed E-state index contributed by atoms with van der Waals surface area (Å²) >= 11 is 1.46. The lowest BCUT2D eigenvalue weighted by atomic mass is 9.96. The average Bonchev–Trinajstić information content (AvgIpc) is 2.70. The van der Waals surface area contributed by atoms with Crippen molar-refractivity contribution in [2.45, 2.75) is 71.1 Å². The van der Waals surface area contributed by atoms with Gasteiger partial charge in [-0.3, -0.25) is 19.2 Å². The molecule has 0 bridgehead atoms. The standard InChI is InChI=1S/C20H37N5O6S/c1-6-11(4)16(19(29)24-15(10(2)3)20(30)31)25-18(28)13(7-8-32-5)23-17(27)12(21)9-14(22)26/h10-13,15-16H,6-9,21H2,1-5H3,(H2,22,26)(H,23,27)(H,24,29)(H,25,28)(H,30,31). The van der Waals surface area contributed by atoms with Crippen LogP contribution in [-0.4, -0.2) is 70.9 Å². The predicted octanol–water partition coefficient (Wildman–Crippen LogP) is -0.817. The van der Waals surface area contributed by atoms with Gasteiger partial charge in [-0.25, -0.2) is 4.79 Å². The fraction of sp³-hybridized carbons (Fsp3) is 0.750. The van der Waals surface area contributed by atoms with Crippen molar-refractivity contribution < 1.29 is 29.1 Å². The molecule has 4 amide bonds. The van der Waals surface area contributed by atoms with Crippen molar-refractivity contribution in [3.05, 3.63) is 0 Å². The van der Waals surface area contributed by atoms with E-state index >= 15 is 0 Å². The van der Waals surface area contributed by atoms with Crippen molar-refractivity contribution in [1.82, 2.24) is 16.0 Å². The fourth-order valence-electron chi connectivity index (χ4n) is 2.81. The van der Waals surface area contributed by atoms with Gasteiger partial charge in [-0.15, -0.1) is 0 Å². The van der Waals surface area contributed by atoms with Gasteiger partial charge in [0, 0.05) is 0 Å². The van der Waals surface area contributed by atoms with E-state index in [0.29, 0.717) is 12.2 Å². The molecule has 32 heavy (non-hydrogen) atoms. The Bertz CT molecular complexity index is 675. The van der Waals surface area contributed by atoms with Crippen LogP contribution in [0.2, 0.25) is 0 Å². The van der Waals surface area contributed by atoms with Crippen LogP contribution in [0.3, 0.4) is 0 Å². The molecule has 0 aliphatic carbocycles. The molecule has 0 spiro atoms. The van der Waals surface area contributed by atoms with E-state index in [-0.39, 0.29) is 24.7 Å². The van der Waals surface area contributed by atoms with Gasteiger partial charge in [-0.05, 0) is 30.3 Å². The molecule has 8 N–H and O–H groups in total. The van der Waals surface area contributed by atoms with Gasteiger partial charge in [0.15, 0.2) is 0 Å². The minimum atomic E-state index is -1.20. The van der Waals surface area contributed by atoms with Crippen LogP contribution < -0.4 is 27.4 Å². The first-order valence-electron chi connectivity index (χ1n) is 10.5. The summed E-state index contributed by atoms with van der Waals surface area (Å²) in [4.78, 5) is 60.5. The number of nitrogens with one attached hydrogen (secondary N) is 3. The van der Waals surface area contributed by atoms with E-state index in [1.807, 2.05) is 13.2 Å². The molecule has 0 rings (SSSR count). The third-order valence-electron chi connectivity index (χ3n) is 5.03. The number of carboxylic acids is 1. The number of thioether (sulfide) groups is 1. The molecule has 5 atom stereocenters. The number of primary amides is 1. The average molecular weight is 476 g/mol. The highest BCUT2D eigenvalue weighted by molar-refractivity contribution is 7.98. The van der Waals surface area contributed by atoms with E-state index < -0.39 is 53.8 Å². The molecule has 11 nitrogen and oxygen atoms in total. The topological polar surface area (TPSA) is 194 Å². The Morgan fingerprint density at radius 3 is 1.94 bits per heavy atom. The molecule has 0 aliphatic rings. The largest absolute Gasteiger partial charge is 0.480 e. The van der Waals surface area contributed by atoms with E-state index in [4.69, 9.17) is 11.5 Å². The van der Waals surface area contributed by atoms with Crippen LogP contribution in [0, 0.1) is 11.8 Å². The summed E-state index contributed by atoms with van der Waals surface area (Å²) < 4.78 is 0. The Kier molecular flexibility index (Phi) is 13.6. The molecule has 0 fully saturated rings. The van der Waals surface area contributed by atoms with E-state index in [2.05, 4.69) is 16.0 Å². The molecule has 0 aliphatic heterocycles. The molecule has 0 radical (unpaired) electrons. The number of carboxylic acid groups (broad SMARTS) is 1. The molecule has 5 unspecified atom stereocenters. The summed E-state index contributed by atoms with van der Waals surface area (Å²) in [6.45, 7) is 6.93. The second-order valence-electron chi connectivity index (χ2n) is 8.06. The summed E-state index contributed by atoms with van der Waals surface area (Å²) in [7, 11) is 0. The van der Waals surface area contributed by atoms with Crippen LogP contribution in [0.1, 0.15) is 47.0 Å². The monoisotopic (exact) mass is 475 g/mol. The van der Waals surface area contributed by atoms with Gasteiger partial charge in [-0.1, -0.05) is 34.1 Å². The highest BCUT2D eigenvalue weighted by Gasteiger charge is 2.33. The lowest BCUT2D eigenvalue weighted by Crippen LogP contribution is -2.59. The van der Waals surface area contributed by atoms with Crippen LogP contribution in [0.4, 0.5) is 0 Å². The van der Waals surface area contributed by atoms with Gasteiger partial charge < -0.3 is 32.5 Å². The number of hydrogen-bond acceptors (Lipinski definition) is 7. The van der Waals surface area contributed by atoms with Crippen LogP contribution >= 0.6 is 11.8 Å². The molecular weight excluding hydrogens is 438 g/mol. The lowest BCUT2D eigenvalue weighted by molar-refractivity contribution is -0.144. The van der Waals surface area contributed by atoms with Gasteiger partial charge in [-0.2, -0.15) is 11.8 Å². The summed E-state index contributed by atoms with van der Waals surface area (Å²) in [6, 6.07) is -4.30. The maximum Gasteiger partial charge on any atom is 0.326 e. The summed E-state index contributed by atoms with van der Waals surface area (Å²) in [5.74, 6) is -3.96. The van der Waals surface area contributed by atoms with E-state index in [9.17, 15) is 29.1 Å². The highest BCUT2D eigenvalue weighted by Crippen LogP contribution is 2.11. The Balaban J connectivity index is 5.51. The number of aliphatic carboxylic acids is 1. The zero-order chi connectivity index (χ0) is 25.0. The minimum absolute atomic E-state index is 0.265. The number of rotatable bonds is 15. The SMILES string of the molecule is CCC(C)C(NC(=O)C(CCSC)NC(=O)C(N)CC(N)=O)C(=O)NC(C(=O)O)C(C)C.